The van der Waals surface area contributed by atoms with E-state index in [-0.39, 0.29) is 12.4 Å². The van der Waals surface area contributed by atoms with Crippen LogP contribution in [0, 0.1) is 11.8 Å². The molecule has 170 valence electrons. The lowest BCUT2D eigenvalue weighted by Crippen LogP contribution is -2.54. The molecule has 1 aromatic rings. The van der Waals surface area contributed by atoms with Gasteiger partial charge in [0.25, 0.3) is 0 Å². The highest BCUT2D eigenvalue weighted by atomic mass is 79.9. The number of amides is 1. The Bertz CT molecular complexity index is 849. The van der Waals surface area contributed by atoms with Crippen molar-refractivity contribution in [3.05, 3.63) is 34.3 Å². The molecule has 0 aliphatic carbocycles. The van der Waals surface area contributed by atoms with E-state index < -0.39 is 31.8 Å². The first-order valence-electron chi connectivity index (χ1n) is 10.8. The van der Waals surface area contributed by atoms with Crippen LogP contribution >= 0.6 is 15.9 Å². The Hall–Kier alpha value is -1.67. The summed E-state index contributed by atoms with van der Waals surface area (Å²) in [7, 11) is -1.32. The summed E-state index contributed by atoms with van der Waals surface area (Å²) in [5, 5.41) is 0. The van der Waals surface area contributed by atoms with Crippen molar-refractivity contribution in [2.75, 3.05) is 13.2 Å². The molecule has 1 amide bonds. The summed E-state index contributed by atoms with van der Waals surface area (Å²) in [6.45, 7) is 10.3. The van der Waals surface area contributed by atoms with Gasteiger partial charge in [-0.25, -0.2) is 9.59 Å². The molecule has 8 heteroatoms. The molecule has 0 bridgehead atoms. The molecule has 0 radical (unpaired) electrons. The molecule has 6 nitrogen and oxygen atoms in total. The summed E-state index contributed by atoms with van der Waals surface area (Å²) in [6, 6.07) is 8.51. The Morgan fingerprint density at radius 3 is 2.32 bits per heavy atom. The lowest BCUT2D eigenvalue weighted by molar-refractivity contribution is -0.151. The van der Waals surface area contributed by atoms with Gasteiger partial charge in [0.15, 0.2) is 12.4 Å². The lowest BCUT2D eigenvalue weighted by atomic mass is 9.84. The predicted octanol–water partition coefficient (Wildman–Crippen LogP) is 5.14. The van der Waals surface area contributed by atoms with E-state index in [1.54, 1.807) is 24.3 Å². The molecule has 3 rings (SSSR count). The number of benzene rings is 1. The standard InChI is InChI=1S/C23H32BrNO5Si/c1-23(2,3)30-22(28)25-11-17-14-31(4,5)13-16(17)10-19(25)21(27)29-12-20(26)15-6-8-18(24)9-7-15/h6-9,16-17,19H,10-14H2,1-5H3/t16-,17-,19-/m0/s1. The monoisotopic (exact) mass is 509 g/mol. The summed E-state index contributed by atoms with van der Waals surface area (Å²) in [5.41, 5.74) is -0.170. The number of Topliss-reactive ketones (excluding diaryl/α,β-unsaturated/α-hetero) is 1. The fraction of sp³-hybridized carbons (Fsp3) is 0.609. The van der Waals surface area contributed by atoms with Gasteiger partial charge in [0.2, 0.25) is 0 Å². The SMILES string of the molecule is CC(C)(C)OC(=O)N1C[C@H]2C[Si](C)(C)C[C@@H]2C[C@H]1C(=O)OCC(=O)c1ccc(Br)cc1. The van der Waals surface area contributed by atoms with E-state index in [1.807, 2.05) is 20.8 Å². The van der Waals surface area contributed by atoms with E-state index in [9.17, 15) is 14.4 Å². The van der Waals surface area contributed by atoms with Crippen LogP contribution in [0.2, 0.25) is 25.2 Å². The normalized spacial score (nSPS) is 25.0. The van der Waals surface area contributed by atoms with Crippen molar-refractivity contribution in [2.45, 2.75) is 64.0 Å². The van der Waals surface area contributed by atoms with Gasteiger partial charge in [-0.15, -0.1) is 0 Å². The highest BCUT2D eigenvalue weighted by Crippen LogP contribution is 2.46. The number of ketones is 1. The van der Waals surface area contributed by atoms with E-state index in [0.29, 0.717) is 30.4 Å². The molecule has 2 saturated heterocycles. The van der Waals surface area contributed by atoms with Gasteiger partial charge in [-0.1, -0.05) is 53.2 Å². The third kappa shape index (κ3) is 6.19. The number of hydrogen-bond acceptors (Lipinski definition) is 5. The number of nitrogens with zero attached hydrogens (tertiary/aromatic N) is 1. The maximum atomic E-state index is 13.0. The zero-order chi connectivity index (χ0) is 23.0. The number of piperidine rings is 1. The van der Waals surface area contributed by atoms with E-state index in [4.69, 9.17) is 9.47 Å². The van der Waals surface area contributed by atoms with Gasteiger partial charge < -0.3 is 9.47 Å². The minimum atomic E-state index is -1.32. The Kier molecular flexibility index (Phi) is 7.01. The van der Waals surface area contributed by atoms with E-state index >= 15 is 0 Å². The molecular weight excluding hydrogens is 478 g/mol. The molecule has 2 aliphatic heterocycles. The van der Waals surface area contributed by atoms with Crippen molar-refractivity contribution in [2.24, 2.45) is 11.8 Å². The van der Waals surface area contributed by atoms with Gasteiger partial charge in [0.05, 0.1) is 0 Å². The van der Waals surface area contributed by atoms with E-state index in [2.05, 4.69) is 29.0 Å². The van der Waals surface area contributed by atoms with Crippen LogP contribution in [-0.2, 0) is 14.3 Å². The highest BCUT2D eigenvalue weighted by Gasteiger charge is 2.49. The van der Waals surface area contributed by atoms with Crippen LogP contribution in [0.25, 0.3) is 0 Å². The molecule has 2 fully saturated rings. The Morgan fingerprint density at radius 1 is 1.10 bits per heavy atom. The van der Waals surface area contributed by atoms with Crippen molar-refractivity contribution >= 4 is 41.8 Å². The number of fused-ring (bicyclic) bond motifs is 1. The number of rotatable bonds is 4. The van der Waals surface area contributed by atoms with Crippen molar-refractivity contribution < 1.29 is 23.9 Å². The number of carbonyl (C=O) groups is 3. The minimum absolute atomic E-state index is 0.271. The van der Waals surface area contributed by atoms with Crippen LogP contribution in [0.4, 0.5) is 4.79 Å². The molecule has 31 heavy (non-hydrogen) atoms. The topological polar surface area (TPSA) is 72.9 Å². The quantitative estimate of drug-likeness (QED) is 0.319. The Morgan fingerprint density at radius 2 is 1.71 bits per heavy atom. The van der Waals surface area contributed by atoms with Crippen LogP contribution in [0.1, 0.15) is 37.6 Å². The largest absolute Gasteiger partial charge is 0.456 e. The third-order valence-corrected chi connectivity index (χ3v) is 9.83. The van der Waals surface area contributed by atoms with Crippen molar-refractivity contribution in [1.82, 2.24) is 4.90 Å². The van der Waals surface area contributed by atoms with Crippen LogP contribution < -0.4 is 0 Å². The third-order valence-electron chi connectivity index (χ3n) is 6.04. The molecule has 0 spiro atoms. The van der Waals surface area contributed by atoms with Gasteiger partial charge in [-0.2, -0.15) is 0 Å². The Balaban J connectivity index is 1.71. The molecule has 0 N–H and O–H groups in total. The van der Waals surface area contributed by atoms with Crippen LogP contribution in [-0.4, -0.2) is 55.6 Å². The van der Waals surface area contributed by atoms with Crippen LogP contribution in [0.15, 0.2) is 28.7 Å². The zero-order valence-electron chi connectivity index (χ0n) is 18.9. The molecule has 2 heterocycles. The second-order valence-corrected chi connectivity index (χ2v) is 16.6. The van der Waals surface area contributed by atoms with Crippen molar-refractivity contribution in [3.8, 4) is 0 Å². The average Bonchev–Trinajstić information content (AvgIpc) is 2.96. The lowest BCUT2D eigenvalue weighted by Gasteiger charge is -2.40. The van der Waals surface area contributed by atoms with Crippen LogP contribution in [0.3, 0.4) is 0 Å². The first kappa shape index (κ1) is 24.0. The summed E-state index contributed by atoms with van der Waals surface area (Å²) >= 11 is 3.34. The van der Waals surface area contributed by atoms with Gasteiger partial charge in [0, 0.05) is 24.7 Å². The summed E-state index contributed by atoms with van der Waals surface area (Å²) in [4.78, 5) is 39.9. The van der Waals surface area contributed by atoms with Gasteiger partial charge >= 0.3 is 12.1 Å². The molecule has 2 aliphatic rings. The molecule has 0 unspecified atom stereocenters. The van der Waals surface area contributed by atoms with E-state index in [0.717, 1.165) is 16.6 Å². The zero-order valence-corrected chi connectivity index (χ0v) is 21.5. The van der Waals surface area contributed by atoms with Crippen LogP contribution in [0.5, 0.6) is 0 Å². The predicted molar refractivity (Wildman–Crippen MR) is 125 cm³/mol. The first-order chi connectivity index (χ1) is 14.3. The second-order valence-electron chi connectivity index (χ2n) is 10.5. The maximum absolute atomic E-state index is 13.0. The number of hydrogen-bond donors (Lipinski definition) is 0. The van der Waals surface area contributed by atoms with Crippen molar-refractivity contribution in [1.29, 1.82) is 0 Å². The summed E-state index contributed by atoms with van der Waals surface area (Å²) in [5.74, 6) is 0.0246. The smallest absolute Gasteiger partial charge is 0.411 e. The Labute approximate surface area is 193 Å². The molecular formula is C23H32BrNO5Si. The summed E-state index contributed by atoms with van der Waals surface area (Å²) in [6.07, 6.45) is 0.0876. The molecule has 0 saturated carbocycles. The number of halogens is 1. The number of ether oxygens (including phenoxy) is 2. The number of esters is 1. The molecule has 0 aromatic heterocycles. The average molecular weight is 511 g/mol. The molecule has 3 atom stereocenters. The summed E-state index contributed by atoms with van der Waals surface area (Å²) < 4.78 is 11.9. The second kappa shape index (κ2) is 9.06. The maximum Gasteiger partial charge on any atom is 0.411 e. The fourth-order valence-corrected chi connectivity index (χ4v) is 9.05. The van der Waals surface area contributed by atoms with Gasteiger partial charge in [-0.05, 0) is 51.2 Å². The van der Waals surface area contributed by atoms with Gasteiger partial charge in [0.1, 0.15) is 11.6 Å². The fourth-order valence-electron chi connectivity index (χ4n) is 4.82. The van der Waals surface area contributed by atoms with Gasteiger partial charge in [-0.3, -0.25) is 9.69 Å². The van der Waals surface area contributed by atoms with Crippen molar-refractivity contribution in [3.63, 3.8) is 0 Å². The number of likely N-dealkylation sites (tertiary alicyclic amines) is 1. The van der Waals surface area contributed by atoms with E-state index in [1.165, 1.54) is 4.90 Å². The molecule has 1 aromatic carbocycles. The highest BCUT2D eigenvalue weighted by molar-refractivity contribution is 9.10. The first-order valence-corrected chi connectivity index (χ1v) is 15.0. The minimum Gasteiger partial charge on any atom is -0.456 e. The number of carbonyl (C=O) groups excluding carboxylic acids is 3.